The van der Waals surface area contributed by atoms with Gasteiger partial charge in [-0.2, -0.15) is 13.2 Å². The number of carbonyl (C=O) groups is 3. The zero-order chi connectivity index (χ0) is 19.2. The lowest BCUT2D eigenvalue weighted by molar-refractivity contribution is -0.148. The van der Waals surface area contributed by atoms with Crippen molar-refractivity contribution >= 4 is 17.8 Å². The Bertz CT molecular complexity index is 647. The van der Waals surface area contributed by atoms with Crippen molar-refractivity contribution in [1.82, 2.24) is 5.32 Å². The Balaban J connectivity index is 2.87. The molecule has 0 aromatic heterocycles. The van der Waals surface area contributed by atoms with Crippen LogP contribution >= 0.6 is 0 Å². The van der Waals surface area contributed by atoms with E-state index in [1.807, 2.05) is 0 Å². The zero-order valence-corrected chi connectivity index (χ0v) is 13.7. The number of primary amides is 1. The molecule has 2 amide bonds. The second-order valence-electron chi connectivity index (χ2n) is 5.40. The molecule has 0 bridgehead atoms. The Kier molecular flexibility index (Phi) is 6.96. The number of nitrogens with two attached hydrogens (primary N) is 1. The van der Waals surface area contributed by atoms with E-state index in [9.17, 15) is 27.6 Å². The van der Waals surface area contributed by atoms with Crippen molar-refractivity contribution in [2.75, 3.05) is 6.61 Å². The first-order chi connectivity index (χ1) is 11.6. The van der Waals surface area contributed by atoms with Crippen LogP contribution in [0.15, 0.2) is 24.3 Å². The molecule has 1 aromatic carbocycles. The molecule has 6 nitrogen and oxygen atoms in total. The molecule has 0 radical (unpaired) electrons. The van der Waals surface area contributed by atoms with Gasteiger partial charge in [-0.05, 0) is 31.5 Å². The number of benzene rings is 1. The SMILES string of the molecule is CCOC(=O)[C@H](C)C[C@@H](NC(=O)c1cccc(C(F)(F)F)c1)C(N)=O. The van der Waals surface area contributed by atoms with Gasteiger partial charge in [0.1, 0.15) is 6.04 Å². The van der Waals surface area contributed by atoms with Gasteiger partial charge < -0.3 is 15.8 Å². The van der Waals surface area contributed by atoms with Gasteiger partial charge in [-0.1, -0.05) is 13.0 Å². The number of amides is 2. The van der Waals surface area contributed by atoms with Gasteiger partial charge in [-0.15, -0.1) is 0 Å². The summed E-state index contributed by atoms with van der Waals surface area (Å²) < 4.78 is 42.9. The minimum atomic E-state index is -4.60. The molecule has 3 N–H and O–H groups in total. The number of nitrogens with one attached hydrogen (secondary N) is 1. The Morgan fingerprint density at radius 3 is 2.44 bits per heavy atom. The van der Waals surface area contributed by atoms with Crippen LogP contribution in [0.25, 0.3) is 0 Å². The third-order valence-corrected chi connectivity index (χ3v) is 3.38. The average Bonchev–Trinajstić information content (AvgIpc) is 2.53. The van der Waals surface area contributed by atoms with E-state index in [4.69, 9.17) is 10.5 Å². The van der Waals surface area contributed by atoms with Gasteiger partial charge in [0.2, 0.25) is 5.91 Å². The van der Waals surface area contributed by atoms with Crippen LogP contribution in [0, 0.1) is 5.92 Å². The van der Waals surface area contributed by atoms with Crippen molar-refractivity contribution in [3.05, 3.63) is 35.4 Å². The third-order valence-electron chi connectivity index (χ3n) is 3.38. The van der Waals surface area contributed by atoms with Gasteiger partial charge in [-0.3, -0.25) is 14.4 Å². The highest BCUT2D eigenvalue weighted by Crippen LogP contribution is 2.29. The predicted molar refractivity (Wildman–Crippen MR) is 82.3 cm³/mol. The van der Waals surface area contributed by atoms with E-state index < -0.39 is 41.5 Å². The van der Waals surface area contributed by atoms with Crippen LogP contribution in [-0.2, 0) is 20.5 Å². The molecule has 0 saturated heterocycles. The lowest BCUT2D eigenvalue weighted by Gasteiger charge is -2.19. The number of hydrogen-bond donors (Lipinski definition) is 2. The lowest BCUT2D eigenvalue weighted by atomic mass is 10.0. The van der Waals surface area contributed by atoms with E-state index in [0.29, 0.717) is 6.07 Å². The van der Waals surface area contributed by atoms with Crippen LogP contribution in [0.1, 0.15) is 36.2 Å². The molecule has 0 fully saturated rings. The van der Waals surface area contributed by atoms with Gasteiger partial charge in [0, 0.05) is 5.56 Å². The third kappa shape index (κ3) is 6.09. The average molecular weight is 360 g/mol. The number of halogens is 3. The minimum Gasteiger partial charge on any atom is -0.466 e. The molecule has 1 rings (SSSR count). The summed E-state index contributed by atoms with van der Waals surface area (Å²) in [5.41, 5.74) is 3.94. The molecular formula is C16H19F3N2O4. The normalized spacial score (nSPS) is 13.6. The molecular weight excluding hydrogens is 341 g/mol. The lowest BCUT2D eigenvalue weighted by Crippen LogP contribution is -2.46. The second kappa shape index (κ2) is 8.50. The molecule has 0 saturated carbocycles. The van der Waals surface area contributed by atoms with E-state index in [2.05, 4.69) is 5.32 Å². The molecule has 0 aliphatic rings. The molecule has 0 heterocycles. The van der Waals surface area contributed by atoms with Gasteiger partial charge in [-0.25, -0.2) is 0 Å². The fraction of sp³-hybridized carbons (Fsp3) is 0.438. The molecule has 9 heteroatoms. The molecule has 0 aliphatic heterocycles. The van der Waals surface area contributed by atoms with Crippen molar-refractivity contribution < 1.29 is 32.3 Å². The van der Waals surface area contributed by atoms with Crippen LogP contribution in [0.2, 0.25) is 0 Å². The summed E-state index contributed by atoms with van der Waals surface area (Å²) >= 11 is 0. The highest BCUT2D eigenvalue weighted by atomic mass is 19.4. The zero-order valence-electron chi connectivity index (χ0n) is 13.7. The van der Waals surface area contributed by atoms with Crippen LogP contribution in [0.4, 0.5) is 13.2 Å². The first kappa shape index (κ1) is 20.5. The van der Waals surface area contributed by atoms with Gasteiger partial charge in [0.05, 0.1) is 18.1 Å². The molecule has 0 spiro atoms. The molecule has 138 valence electrons. The number of rotatable bonds is 7. The maximum Gasteiger partial charge on any atom is 0.416 e. The Labute approximate surface area is 142 Å². The van der Waals surface area contributed by atoms with Crippen molar-refractivity contribution in [1.29, 1.82) is 0 Å². The van der Waals surface area contributed by atoms with Crippen LogP contribution in [0.3, 0.4) is 0 Å². The predicted octanol–water partition coefficient (Wildman–Crippen LogP) is 1.88. The monoisotopic (exact) mass is 360 g/mol. The highest BCUT2D eigenvalue weighted by molar-refractivity contribution is 5.97. The van der Waals surface area contributed by atoms with Gasteiger partial charge in [0.25, 0.3) is 5.91 Å². The summed E-state index contributed by atoms with van der Waals surface area (Å²) in [6.07, 6.45) is -4.73. The summed E-state index contributed by atoms with van der Waals surface area (Å²) in [5.74, 6) is -3.09. The number of carbonyl (C=O) groups excluding carboxylic acids is 3. The Morgan fingerprint density at radius 1 is 1.28 bits per heavy atom. The topological polar surface area (TPSA) is 98.5 Å². The van der Waals surface area contributed by atoms with Crippen molar-refractivity contribution in [3.63, 3.8) is 0 Å². The number of esters is 1. The van der Waals surface area contributed by atoms with E-state index >= 15 is 0 Å². The summed E-state index contributed by atoms with van der Waals surface area (Å²) in [6.45, 7) is 3.26. The maximum atomic E-state index is 12.7. The smallest absolute Gasteiger partial charge is 0.416 e. The molecule has 0 aliphatic carbocycles. The van der Waals surface area contributed by atoms with Crippen LogP contribution < -0.4 is 11.1 Å². The van der Waals surface area contributed by atoms with E-state index in [0.717, 1.165) is 12.1 Å². The summed E-state index contributed by atoms with van der Waals surface area (Å²) in [7, 11) is 0. The summed E-state index contributed by atoms with van der Waals surface area (Å²) in [4.78, 5) is 35.2. The fourth-order valence-corrected chi connectivity index (χ4v) is 2.06. The second-order valence-corrected chi connectivity index (χ2v) is 5.40. The van der Waals surface area contributed by atoms with Crippen LogP contribution in [-0.4, -0.2) is 30.4 Å². The molecule has 0 unspecified atom stereocenters. The van der Waals surface area contributed by atoms with Gasteiger partial charge in [0.15, 0.2) is 0 Å². The largest absolute Gasteiger partial charge is 0.466 e. The van der Waals surface area contributed by atoms with Crippen LogP contribution in [0.5, 0.6) is 0 Å². The standard InChI is InChI=1S/C16H19F3N2O4/c1-3-25-15(24)9(2)7-12(13(20)22)21-14(23)10-5-4-6-11(8-10)16(17,18)19/h4-6,8-9,12H,3,7H2,1-2H3,(H2,20,22)(H,21,23)/t9-,12-/m1/s1. The Hall–Kier alpha value is -2.58. The van der Waals surface area contributed by atoms with Crippen molar-refractivity contribution in [3.8, 4) is 0 Å². The maximum absolute atomic E-state index is 12.7. The minimum absolute atomic E-state index is 0.126. The first-order valence-corrected chi connectivity index (χ1v) is 7.50. The van der Waals surface area contributed by atoms with Crippen molar-refractivity contribution in [2.45, 2.75) is 32.5 Å². The number of alkyl halides is 3. The Morgan fingerprint density at radius 2 is 1.92 bits per heavy atom. The highest BCUT2D eigenvalue weighted by Gasteiger charge is 2.31. The van der Waals surface area contributed by atoms with E-state index in [1.54, 1.807) is 6.92 Å². The van der Waals surface area contributed by atoms with E-state index in [1.165, 1.54) is 13.0 Å². The first-order valence-electron chi connectivity index (χ1n) is 7.50. The fourth-order valence-electron chi connectivity index (χ4n) is 2.06. The number of hydrogen-bond acceptors (Lipinski definition) is 4. The molecule has 25 heavy (non-hydrogen) atoms. The number of ether oxygens (including phenoxy) is 1. The quantitative estimate of drug-likeness (QED) is 0.725. The summed E-state index contributed by atoms with van der Waals surface area (Å²) in [6, 6.07) is 2.53. The summed E-state index contributed by atoms with van der Waals surface area (Å²) in [5, 5.41) is 2.25. The molecule has 2 atom stereocenters. The van der Waals surface area contributed by atoms with Crippen molar-refractivity contribution in [2.24, 2.45) is 11.7 Å². The van der Waals surface area contributed by atoms with Gasteiger partial charge >= 0.3 is 12.1 Å². The van der Waals surface area contributed by atoms with E-state index in [-0.39, 0.29) is 18.6 Å². The molecule has 1 aromatic rings.